The maximum atomic E-state index is 12.2. The molecule has 2 heterocycles. The third-order valence-corrected chi connectivity index (χ3v) is 4.00. The number of hydrazone groups is 1. The Bertz CT molecular complexity index is 1120. The van der Waals surface area contributed by atoms with E-state index in [1.54, 1.807) is 30.5 Å². The maximum absolute atomic E-state index is 12.2. The minimum absolute atomic E-state index is 0.338. The van der Waals surface area contributed by atoms with E-state index in [-0.39, 0.29) is 5.91 Å². The molecule has 4 aromatic rings. The topological polar surface area (TPSA) is 83.3 Å². The second-order valence-electron chi connectivity index (χ2n) is 5.82. The summed E-state index contributed by atoms with van der Waals surface area (Å²) in [6.07, 6.45) is 6.47. The van der Waals surface area contributed by atoms with Crippen molar-refractivity contribution in [1.82, 2.24) is 15.6 Å². The number of aromatic amines is 1. The van der Waals surface area contributed by atoms with Crippen LogP contribution >= 0.6 is 0 Å². The number of hydrogen-bond donors (Lipinski definition) is 2. The van der Waals surface area contributed by atoms with E-state index in [0.717, 1.165) is 16.3 Å². The molecule has 0 bridgehead atoms. The van der Waals surface area contributed by atoms with Gasteiger partial charge in [-0.05, 0) is 47.2 Å². The Morgan fingerprint density at radius 1 is 1.07 bits per heavy atom. The lowest BCUT2D eigenvalue weighted by atomic mass is 10.1. The summed E-state index contributed by atoms with van der Waals surface area (Å²) in [6, 6.07) is 19.5. The van der Waals surface area contributed by atoms with E-state index in [9.17, 15) is 4.79 Å². The molecule has 0 unspecified atom stereocenters. The van der Waals surface area contributed by atoms with Crippen LogP contribution in [0.1, 0.15) is 16.2 Å². The van der Waals surface area contributed by atoms with Gasteiger partial charge in [0.2, 0.25) is 0 Å². The third kappa shape index (κ3) is 3.85. The van der Waals surface area contributed by atoms with Crippen molar-refractivity contribution < 1.29 is 9.21 Å². The van der Waals surface area contributed by atoms with Gasteiger partial charge >= 0.3 is 0 Å². The van der Waals surface area contributed by atoms with Crippen LogP contribution in [0.15, 0.2) is 82.5 Å². The van der Waals surface area contributed by atoms with Crippen LogP contribution < -0.4 is 5.43 Å². The maximum Gasteiger partial charge on any atom is 0.289 e. The summed E-state index contributed by atoms with van der Waals surface area (Å²) < 4.78 is 5.15. The molecule has 0 fully saturated rings. The minimum Gasteiger partial charge on any atom is -0.465 e. The predicted molar refractivity (Wildman–Crippen MR) is 105 cm³/mol. The van der Waals surface area contributed by atoms with Crippen LogP contribution in [0.3, 0.4) is 0 Å². The predicted octanol–water partition coefficient (Wildman–Crippen LogP) is 4.25. The molecule has 0 saturated heterocycles. The first-order valence-corrected chi connectivity index (χ1v) is 8.38. The molecule has 0 radical (unpaired) electrons. The first-order valence-electron chi connectivity index (χ1n) is 8.38. The Hall–Kier alpha value is -3.93. The molecule has 0 spiro atoms. The number of nitrogens with one attached hydrogen (secondary N) is 2. The molecule has 27 heavy (non-hydrogen) atoms. The Labute approximate surface area is 155 Å². The fraction of sp³-hybridized carbons (Fsp3) is 0. The van der Waals surface area contributed by atoms with Crippen molar-refractivity contribution in [3.05, 3.63) is 84.5 Å². The summed E-state index contributed by atoms with van der Waals surface area (Å²) in [4.78, 5) is 12.2. The summed E-state index contributed by atoms with van der Waals surface area (Å²) in [6.45, 7) is 0. The van der Waals surface area contributed by atoms with Crippen molar-refractivity contribution in [2.24, 2.45) is 5.10 Å². The normalized spacial score (nSPS) is 11.6. The standard InChI is InChI=1S/C21H16N4O2/c26-21(25-22-11-3-7-18-8-4-12-27-18)20-14-19(23-24-20)17-10-9-15-5-1-2-6-16(15)13-17/h1-14H,(H,23,24)(H,25,26)/b7-3+,22-11-. The van der Waals surface area contributed by atoms with Gasteiger partial charge in [0.1, 0.15) is 11.5 Å². The number of fused-ring (bicyclic) bond motifs is 1. The van der Waals surface area contributed by atoms with Gasteiger partial charge in [-0.25, -0.2) is 5.43 Å². The summed E-state index contributed by atoms with van der Waals surface area (Å²) in [5.41, 5.74) is 4.43. The SMILES string of the molecule is O=C(N/N=C\C=C\c1ccco1)c1cc(-c2ccc3ccccc3c2)n[nH]1. The smallest absolute Gasteiger partial charge is 0.289 e. The highest BCUT2D eigenvalue weighted by Crippen LogP contribution is 2.23. The number of benzene rings is 2. The van der Waals surface area contributed by atoms with Gasteiger partial charge < -0.3 is 4.42 Å². The number of aromatic nitrogens is 2. The lowest BCUT2D eigenvalue weighted by Gasteiger charge is -2.00. The average molecular weight is 356 g/mol. The Kier molecular flexibility index (Phi) is 4.61. The number of carbonyl (C=O) groups is 1. The van der Waals surface area contributed by atoms with E-state index >= 15 is 0 Å². The van der Waals surface area contributed by atoms with Crippen LogP contribution in [0.4, 0.5) is 0 Å². The summed E-state index contributed by atoms with van der Waals surface area (Å²) in [5.74, 6) is 0.346. The molecule has 1 amide bonds. The zero-order chi connectivity index (χ0) is 18.5. The van der Waals surface area contributed by atoms with Crippen molar-refractivity contribution in [2.75, 3.05) is 0 Å². The van der Waals surface area contributed by atoms with Crippen LogP contribution in [0.5, 0.6) is 0 Å². The van der Waals surface area contributed by atoms with E-state index in [4.69, 9.17) is 4.42 Å². The lowest BCUT2D eigenvalue weighted by Crippen LogP contribution is -2.17. The molecule has 132 valence electrons. The molecule has 0 atom stereocenters. The zero-order valence-electron chi connectivity index (χ0n) is 14.3. The van der Waals surface area contributed by atoms with E-state index in [1.165, 1.54) is 6.21 Å². The number of furan rings is 1. The molecule has 0 aliphatic carbocycles. The number of carbonyl (C=O) groups excluding carboxylic acids is 1. The number of H-pyrrole nitrogens is 1. The van der Waals surface area contributed by atoms with Gasteiger partial charge in [-0.15, -0.1) is 0 Å². The largest absolute Gasteiger partial charge is 0.465 e. The first-order chi connectivity index (χ1) is 13.3. The third-order valence-electron chi connectivity index (χ3n) is 4.00. The second kappa shape index (κ2) is 7.53. The van der Waals surface area contributed by atoms with Gasteiger partial charge in [0.25, 0.3) is 5.91 Å². The lowest BCUT2D eigenvalue weighted by molar-refractivity contribution is 0.0950. The Morgan fingerprint density at radius 3 is 2.81 bits per heavy atom. The van der Waals surface area contributed by atoms with Crippen molar-refractivity contribution >= 4 is 29.0 Å². The van der Waals surface area contributed by atoms with E-state index < -0.39 is 0 Å². The van der Waals surface area contributed by atoms with Crippen molar-refractivity contribution in [3.8, 4) is 11.3 Å². The first kappa shape index (κ1) is 16.5. The highest BCUT2D eigenvalue weighted by atomic mass is 16.3. The van der Waals surface area contributed by atoms with Crippen molar-refractivity contribution in [2.45, 2.75) is 0 Å². The number of nitrogens with zero attached hydrogens (tertiary/aromatic N) is 2. The second-order valence-corrected chi connectivity index (χ2v) is 5.82. The fourth-order valence-electron chi connectivity index (χ4n) is 2.66. The molecule has 2 aromatic carbocycles. The molecular formula is C21H16N4O2. The summed E-state index contributed by atoms with van der Waals surface area (Å²) in [5, 5.41) is 13.1. The number of amides is 1. The molecule has 6 nitrogen and oxygen atoms in total. The Balaban J connectivity index is 1.42. The van der Waals surface area contributed by atoms with E-state index in [1.807, 2.05) is 42.5 Å². The molecule has 6 heteroatoms. The van der Waals surface area contributed by atoms with Gasteiger partial charge in [-0.2, -0.15) is 10.2 Å². The molecule has 2 aromatic heterocycles. The monoisotopic (exact) mass is 356 g/mol. The van der Waals surface area contributed by atoms with E-state index in [2.05, 4.69) is 26.8 Å². The molecule has 2 N–H and O–H groups in total. The summed E-state index contributed by atoms with van der Waals surface area (Å²) in [7, 11) is 0. The van der Waals surface area contributed by atoms with Gasteiger partial charge in [-0.3, -0.25) is 9.89 Å². The average Bonchev–Trinajstić information content (AvgIpc) is 3.39. The molecular weight excluding hydrogens is 340 g/mol. The van der Waals surface area contributed by atoms with E-state index in [0.29, 0.717) is 17.1 Å². The minimum atomic E-state index is -0.364. The molecule has 0 aliphatic rings. The molecule has 0 aliphatic heterocycles. The van der Waals surface area contributed by atoms with Crippen molar-refractivity contribution in [1.29, 1.82) is 0 Å². The van der Waals surface area contributed by atoms with Gasteiger partial charge in [-0.1, -0.05) is 36.4 Å². The van der Waals surface area contributed by atoms with Crippen LogP contribution in [0.2, 0.25) is 0 Å². The van der Waals surface area contributed by atoms with Crippen molar-refractivity contribution in [3.63, 3.8) is 0 Å². The van der Waals surface area contributed by atoms with Crippen LogP contribution in [0, 0.1) is 0 Å². The molecule has 4 rings (SSSR count). The number of rotatable bonds is 5. The quantitative estimate of drug-likeness (QED) is 0.414. The zero-order valence-corrected chi connectivity index (χ0v) is 14.3. The number of hydrogen-bond acceptors (Lipinski definition) is 4. The highest BCUT2D eigenvalue weighted by Gasteiger charge is 2.10. The van der Waals surface area contributed by atoms with Crippen LogP contribution in [0.25, 0.3) is 28.1 Å². The van der Waals surface area contributed by atoms with Crippen LogP contribution in [-0.4, -0.2) is 22.3 Å². The molecule has 0 saturated carbocycles. The van der Waals surface area contributed by atoms with Crippen LogP contribution in [-0.2, 0) is 0 Å². The highest BCUT2D eigenvalue weighted by molar-refractivity contribution is 5.94. The van der Waals surface area contributed by atoms with Gasteiger partial charge in [0.15, 0.2) is 0 Å². The van der Waals surface area contributed by atoms with Gasteiger partial charge in [0, 0.05) is 11.8 Å². The Morgan fingerprint density at radius 2 is 1.96 bits per heavy atom. The fourth-order valence-corrected chi connectivity index (χ4v) is 2.66. The summed E-state index contributed by atoms with van der Waals surface area (Å²) >= 11 is 0. The van der Waals surface area contributed by atoms with Gasteiger partial charge in [0.05, 0.1) is 12.0 Å². The number of allylic oxidation sites excluding steroid dienone is 1.